The van der Waals surface area contributed by atoms with E-state index in [-0.39, 0.29) is 12.0 Å². The van der Waals surface area contributed by atoms with Gasteiger partial charge in [0.05, 0.1) is 12.5 Å². The van der Waals surface area contributed by atoms with Gasteiger partial charge in [0.1, 0.15) is 0 Å². The molecule has 5 heteroatoms. The molecule has 106 valence electrons. The van der Waals surface area contributed by atoms with E-state index in [0.29, 0.717) is 31.3 Å². The summed E-state index contributed by atoms with van der Waals surface area (Å²) in [6.07, 6.45) is 1.51. The van der Waals surface area contributed by atoms with Crippen LogP contribution in [0.5, 0.6) is 0 Å². The van der Waals surface area contributed by atoms with Gasteiger partial charge < -0.3 is 15.0 Å². The molecule has 20 heavy (non-hydrogen) atoms. The molecular formula is C15H19N3O2. The number of aromatic nitrogens is 2. The standard InChI is InChI=1S/C15H19N3O2/c1-10-3-2-4-11(7-10)8-14-17-15(20-18-14)12-9-19-6-5-13(12)16/h2-4,7,12-13H,5-6,8-9,16H2,1H3. The lowest BCUT2D eigenvalue weighted by Gasteiger charge is -2.25. The number of nitrogens with two attached hydrogens (primary N) is 1. The Morgan fingerprint density at radius 2 is 2.30 bits per heavy atom. The number of nitrogens with zero attached hydrogens (tertiary/aromatic N) is 2. The van der Waals surface area contributed by atoms with Crippen LogP contribution in [0.2, 0.25) is 0 Å². The topological polar surface area (TPSA) is 74.2 Å². The minimum atomic E-state index is 0.0162. The first-order valence-electron chi connectivity index (χ1n) is 6.94. The average molecular weight is 273 g/mol. The Labute approximate surface area is 118 Å². The maximum atomic E-state index is 6.08. The van der Waals surface area contributed by atoms with Crippen LogP contribution < -0.4 is 5.73 Å². The molecule has 2 N–H and O–H groups in total. The van der Waals surface area contributed by atoms with Gasteiger partial charge >= 0.3 is 0 Å². The fourth-order valence-electron chi connectivity index (χ4n) is 2.50. The Morgan fingerprint density at radius 1 is 1.40 bits per heavy atom. The van der Waals surface area contributed by atoms with Crippen molar-refractivity contribution in [2.75, 3.05) is 13.2 Å². The third-order valence-electron chi connectivity index (χ3n) is 3.66. The molecule has 2 aromatic rings. The van der Waals surface area contributed by atoms with Crippen molar-refractivity contribution < 1.29 is 9.26 Å². The van der Waals surface area contributed by atoms with Crippen molar-refractivity contribution in [3.63, 3.8) is 0 Å². The highest BCUT2D eigenvalue weighted by atomic mass is 16.5. The third kappa shape index (κ3) is 2.89. The van der Waals surface area contributed by atoms with Gasteiger partial charge in [-0.15, -0.1) is 0 Å². The number of aryl methyl sites for hydroxylation is 1. The first kappa shape index (κ1) is 13.3. The van der Waals surface area contributed by atoms with Crippen LogP contribution in [0, 0.1) is 6.92 Å². The van der Waals surface area contributed by atoms with Gasteiger partial charge in [-0.2, -0.15) is 4.98 Å². The smallest absolute Gasteiger partial charge is 0.233 e. The lowest BCUT2D eigenvalue weighted by molar-refractivity contribution is 0.0590. The average Bonchev–Trinajstić information content (AvgIpc) is 2.87. The molecule has 2 atom stereocenters. The Morgan fingerprint density at radius 3 is 3.10 bits per heavy atom. The Hall–Kier alpha value is -1.72. The van der Waals surface area contributed by atoms with Crippen LogP contribution in [-0.4, -0.2) is 29.4 Å². The van der Waals surface area contributed by atoms with Gasteiger partial charge in [-0.05, 0) is 18.9 Å². The van der Waals surface area contributed by atoms with Gasteiger partial charge in [0.15, 0.2) is 5.82 Å². The zero-order chi connectivity index (χ0) is 13.9. The molecule has 1 aromatic carbocycles. The molecule has 1 saturated heterocycles. The number of hydrogen-bond donors (Lipinski definition) is 1. The van der Waals surface area contributed by atoms with E-state index in [1.165, 1.54) is 11.1 Å². The summed E-state index contributed by atoms with van der Waals surface area (Å²) in [7, 11) is 0. The van der Waals surface area contributed by atoms with Crippen LogP contribution in [0.15, 0.2) is 28.8 Å². The first-order chi connectivity index (χ1) is 9.72. The van der Waals surface area contributed by atoms with Crippen molar-refractivity contribution in [2.45, 2.75) is 31.7 Å². The van der Waals surface area contributed by atoms with E-state index in [2.05, 4.69) is 35.3 Å². The summed E-state index contributed by atoms with van der Waals surface area (Å²) in [5.74, 6) is 1.31. The van der Waals surface area contributed by atoms with Gasteiger partial charge in [0.2, 0.25) is 5.89 Å². The summed E-state index contributed by atoms with van der Waals surface area (Å²) in [5.41, 5.74) is 8.50. The normalized spacial score (nSPS) is 22.9. The molecule has 1 aromatic heterocycles. The minimum Gasteiger partial charge on any atom is -0.381 e. The van der Waals surface area contributed by atoms with Crippen LogP contribution in [0.3, 0.4) is 0 Å². The van der Waals surface area contributed by atoms with Crippen molar-refractivity contribution >= 4 is 0 Å². The number of ether oxygens (including phenoxy) is 1. The molecule has 1 fully saturated rings. The Balaban J connectivity index is 1.73. The van der Waals surface area contributed by atoms with E-state index < -0.39 is 0 Å². The summed E-state index contributed by atoms with van der Waals surface area (Å²) < 4.78 is 10.8. The summed E-state index contributed by atoms with van der Waals surface area (Å²) in [6, 6.07) is 8.35. The van der Waals surface area contributed by atoms with Gasteiger partial charge in [-0.1, -0.05) is 35.0 Å². The lowest BCUT2D eigenvalue weighted by Crippen LogP contribution is -2.37. The zero-order valence-corrected chi connectivity index (χ0v) is 11.6. The minimum absolute atomic E-state index is 0.0162. The monoisotopic (exact) mass is 273 g/mol. The van der Waals surface area contributed by atoms with E-state index in [1.54, 1.807) is 0 Å². The van der Waals surface area contributed by atoms with Gasteiger partial charge in [-0.3, -0.25) is 0 Å². The van der Waals surface area contributed by atoms with E-state index in [4.69, 9.17) is 15.0 Å². The van der Waals surface area contributed by atoms with E-state index >= 15 is 0 Å². The fraction of sp³-hybridized carbons (Fsp3) is 0.467. The maximum absolute atomic E-state index is 6.08. The number of rotatable bonds is 3. The molecule has 0 aliphatic carbocycles. The molecule has 1 aliphatic heterocycles. The molecule has 5 nitrogen and oxygen atoms in total. The van der Waals surface area contributed by atoms with Crippen molar-refractivity contribution in [2.24, 2.45) is 5.73 Å². The molecule has 0 bridgehead atoms. The Kier molecular flexibility index (Phi) is 3.80. The van der Waals surface area contributed by atoms with Crippen LogP contribution in [0.25, 0.3) is 0 Å². The van der Waals surface area contributed by atoms with E-state index in [0.717, 1.165) is 6.42 Å². The van der Waals surface area contributed by atoms with Crippen molar-refractivity contribution in [3.8, 4) is 0 Å². The van der Waals surface area contributed by atoms with Crippen molar-refractivity contribution in [1.29, 1.82) is 0 Å². The molecule has 1 aliphatic rings. The van der Waals surface area contributed by atoms with Gasteiger partial charge in [-0.25, -0.2) is 0 Å². The second-order valence-corrected chi connectivity index (χ2v) is 5.35. The van der Waals surface area contributed by atoms with Crippen LogP contribution >= 0.6 is 0 Å². The highest BCUT2D eigenvalue weighted by Gasteiger charge is 2.29. The first-order valence-corrected chi connectivity index (χ1v) is 6.94. The van der Waals surface area contributed by atoms with Crippen LogP contribution in [0.1, 0.15) is 35.2 Å². The lowest BCUT2D eigenvalue weighted by atomic mass is 9.97. The summed E-state index contributed by atoms with van der Waals surface area (Å²) in [5, 5.41) is 4.05. The molecular weight excluding hydrogens is 254 g/mol. The highest BCUT2D eigenvalue weighted by molar-refractivity contribution is 5.24. The van der Waals surface area contributed by atoms with Crippen molar-refractivity contribution in [1.82, 2.24) is 10.1 Å². The Bertz CT molecular complexity index is 582. The van der Waals surface area contributed by atoms with E-state index in [1.807, 2.05) is 6.07 Å². The molecule has 3 rings (SSSR count). The quantitative estimate of drug-likeness (QED) is 0.923. The van der Waals surface area contributed by atoms with Crippen molar-refractivity contribution in [3.05, 3.63) is 47.1 Å². The predicted molar refractivity (Wildman–Crippen MR) is 74.4 cm³/mol. The molecule has 0 radical (unpaired) electrons. The van der Waals surface area contributed by atoms with Gasteiger partial charge in [0.25, 0.3) is 0 Å². The summed E-state index contributed by atoms with van der Waals surface area (Å²) in [6.45, 7) is 3.35. The molecule has 0 amide bonds. The predicted octanol–water partition coefficient (Wildman–Crippen LogP) is 1.80. The highest BCUT2D eigenvalue weighted by Crippen LogP contribution is 2.23. The maximum Gasteiger partial charge on any atom is 0.233 e. The molecule has 0 spiro atoms. The van der Waals surface area contributed by atoms with Crippen LogP contribution in [-0.2, 0) is 11.2 Å². The number of benzene rings is 1. The second kappa shape index (κ2) is 5.73. The zero-order valence-electron chi connectivity index (χ0n) is 11.6. The van der Waals surface area contributed by atoms with Gasteiger partial charge in [0, 0.05) is 19.1 Å². The molecule has 2 unspecified atom stereocenters. The number of hydrogen-bond acceptors (Lipinski definition) is 5. The SMILES string of the molecule is Cc1cccc(Cc2noc(C3COCCC3N)n2)c1. The second-order valence-electron chi connectivity index (χ2n) is 5.35. The summed E-state index contributed by atoms with van der Waals surface area (Å²) >= 11 is 0. The molecule has 2 heterocycles. The molecule has 0 saturated carbocycles. The largest absolute Gasteiger partial charge is 0.381 e. The van der Waals surface area contributed by atoms with E-state index in [9.17, 15) is 0 Å². The fourth-order valence-corrected chi connectivity index (χ4v) is 2.50. The summed E-state index contributed by atoms with van der Waals surface area (Å²) in [4.78, 5) is 4.47. The van der Waals surface area contributed by atoms with Crippen LogP contribution in [0.4, 0.5) is 0 Å². The third-order valence-corrected chi connectivity index (χ3v) is 3.66.